The maximum Gasteiger partial charge on any atom is 0.257 e. The number of aryl methyl sites for hydroxylation is 2. The van der Waals surface area contributed by atoms with Gasteiger partial charge >= 0.3 is 0 Å². The minimum Gasteiger partial charge on any atom is -0.497 e. The summed E-state index contributed by atoms with van der Waals surface area (Å²) >= 11 is 0. The lowest BCUT2D eigenvalue weighted by atomic mass is 10.1. The summed E-state index contributed by atoms with van der Waals surface area (Å²) in [6.07, 6.45) is 0. The normalized spacial score (nSPS) is 10.3. The fraction of sp³-hybridized carbons (Fsp3) is 0.190. The lowest BCUT2D eigenvalue weighted by Gasteiger charge is -2.14. The van der Waals surface area contributed by atoms with Gasteiger partial charge in [0, 0.05) is 17.5 Å². The summed E-state index contributed by atoms with van der Waals surface area (Å²) in [6, 6.07) is 14.3. The van der Waals surface area contributed by atoms with Gasteiger partial charge in [0.25, 0.3) is 5.91 Å². The first-order chi connectivity index (χ1) is 13.5. The standard InChI is InChI=1S/C21H22N4O3/c1-13-11-14(2)23-21(22-13)25-17-8-6-5-7-16(17)20(26)24-18-12-15(27-3)9-10-19(18)28-4/h5-12H,1-4H3,(H,24,26)(H,22,23,25). The number of hydrogen-bond acceptors (Lipinski definition) is 6. The van der Waals surface area contributed by atoms with Crippen molar-refractivity contribution in [2.75, 3.05) is 24.9 Å². The van der Waals surface area contributed by atoms with Crippen LogP contribution in [0.15, 0.2) is 48.5 Å². The quantitative estimate of drug-likeness (QED) is 0.671. The highest BCUT2D eigenvalue weighted by atomic mass is 16.5. The van der Waals surface area contributed by atoms with E-state index in [1.807, 2.05) is 26.0 Å². The molecular formula is C21H22N4O3. The highest BCUT2D eigenvalue weighted by molar-refractivity contribution is 6.09. The first-order valence-corrected chi connectivity index (χ1v) is 8.72. The molecule has 1 amide bonds. The van der Waals surface area contributed by atoms with Crippen molar-refractivity contribution in [3.63, 3.8) is 0 Å². The average molecular weight is 378 g/mol. The fourth-order valence-electron chi connectivity index (χ4n) is 2.79. The second kappa shape index (κ2) is 8.39. The molecule has 3 rings (SSSR count). The number of methoxy groups -OCH3 is 2. The van der Waals surface area contributed by atoms with Gasteiger partial charge in [-0.2, -0.15) is 0 Å². The zero-order valence-electron chi connectivity index (χ0n) is 16.2. The molecule has 0 aliphatic heterocycles. The van der Waals surface area contributed by atoms with Gasteiger partial charge in [-0.1, -0.05) is 12.1 Å². The van der Waals surface area contributed by atoms with Crippen molar-refractivity contribution in [1.29, 1.82) is 0 Å². The van der Waals surface area contributed by atoms with Crippen LogP contribution in [0.25, 0.3) is 0 Å². The monoisotopic (exact) mass is 378 g/mol. The van der Waals surface area contributed by atoms with Crippen molar-refractivity contribution in [2.24, 2.45) is 0 Å². The Morgan fingerprint density at radius 2 is 1.61 bits per heavy atom. The van der Waals surface area contributed by atoms with Crippen molar-refractivity contribution in [2.45, 2.75) is 13.8 Å². The van der Waals surface area contributed by atoms with E-state index in [0.717, 1.165) is 11.4 Å². The second-order valence-corrected chi connectivity index (χ2v) is 6.17. The van der Waals surface area contributed by atoms with Gasteiger partial charge in [-0.25, -0.2) is 9.97 Å². The maximum absolute atomic E-state index is 12.9. The number of nitrogens with one attached hydrogen (secondary N) is 2. The summed E-state index contributed by atoms with van der Waals surface area (Å²) in [4.78, 5) is 21.7. The Bertz CT molecular complexity index is 984. The maximum atomic E-state index is 12.9. The number of carbonyl (C=O) groups is 1. The molecular weight excluding hydrogens is 356 g/mol. The molecule has 0 fully saturated rings. The number of ether oxygens (including phenoxy) is 2. The zero-order chi connectivity index (χ0) is 20.1. The Kier molecular flexibility index (Phi) is 5.74. The van der Waals surface area contributed by atoms with E-state index in [0.29, 0.717) is 34.4 Å². The molecule has 0 atom stereocenters. The van der Waals surface area contributed by atoms with Gasteiger partial charge in [0.05, 0.1) is 31.2 Å². The molecule has 0 bridgehead atoms. The topological polar surface area (TPSA) is 85.4 Å². The highest BCUT2D eigenvalue weighted by Crippen LogP contribution is 2.30. The number of aromatic nitrogens is 2. The predicted molar refractivity (Wildman–Crippen MR) is 109 cm³/mol. The molecule has 7 nitrogen and oxygen atoms in total. The molecule has 0 radical (unpaired) electrons. The van der Waals surface area contributed by atoms with Crippen LogP contribution in [0.3, 0.4) is 0 Å². The first-order valence-electron chi connectivity index (χ1n) is 8.72. The minimum absolute atomic E-state index is 0.293. The molecule has 0 aliphatic rings. The van der Waals surface area contributed by atoms with Crippen LogP contribution in [0, 0.1) is 13.8 Å². The summed E-state index contributed by atoms with van der Waals surface area (Å²) in [5, 5.41) is 6.01. The van der Waals surface area contributed by atoms with E-state index < -0.39 is 0 Å². The lowest BCUT2D eigenvalue weighted by Crippen LogP contribution is -2.15. The SMILES string of the molecule is COc1ccc(OC)c(NC(=O)c2ccccc2Nc2nc(C)cc(C)n2)c1. The summed E-state index contributed by atoms with van der Waals surface area (Å²) in [7, 11) is 3.11. The zero-order valence-corrected chi connectivity index (χ0v) is 16.2. The number of para-hydroxylation sites is 1. The van der Waals surface area contributed by atoms with Gasteiger partial charge in [0.2, 0.25) is 5.95 Å². The van der Waals surface area contributed by atoms with Crippen LogP contribution < -0.4 is 20.1 Å². The van der Waals surface area contributed by atoms with Crippen LogP contribution in [0.4, 0.5) is 17.3 Å². The predicted octanol–water partition coefficient (Wildman–Crippen LogP) is 4.11. The molecule has 28 heavy (non-hydrogen) atoms. The number of rotatable bonds is 6. The number of benzene rings is 2. The first kappa shape index (κ1) is 19.2. The van der Waals surface area contributed by atoms with E-state index in [4.69, 9.17) is 9.47 Å². The lowest BCUT2D eigenvalue weighted by molar-refractivity contribution is 0.102. The largest absolute Gasteiger partial charge is 0.497 e. The van der Waals surface area contributed by atoms with Gasteiger partial charge in [-0.3, -0.25) is 4.79 Å². The highest BCUT2D eigenvalue weighted by Gasteiger charge is 2.15. The number of amides is 1. The van der Waals surface area contributed by atoms with Crippen LogP contribution >= 0.6 is 0 Å². The molecule has 2 N–H and O–H groups in total. The average Bonchev–Trinajstić information content (AvgIpc) is 2.67. The van der Waals surface area contributed by atoms with Gasteiger partial charge in [0.15, 0.2) is 0 Å². The van der Waals surface area contributed by atoms with Crippen molar-refractivity contribution < 1.29 is 14.3 Å². The van der Waals surface area contributed by atoms with Crippen molar-refractivity contribution in [3.8, 4) is 11.5 Å². The van der Waals surface area contributed by atoms with Crippen molar-refractivity contribution >= 4 is 23.2 Å². The Balaban J connectivity index is 1.89. The van der Waals surface area contributed by atoms with Crippen LogP contribution in [0.2, 0.25) is 0 Å². The second-order valence-electron chi connectivity index (χ2n) is 6.17. The molecule has 0 aliphatic carbocycles. The van der Waals surface area contributed by atoms with Gasteiger partial charge < -0.3 is 20.1 Å². The van der Waals surface area contributed by atoms with Crippen molar-refractivity contribution in [3.05, 3.63) is 65.5 Å². The molecule has 2 aromatic carbocycles. The van der Waals surface area contributed by atoms with E-state index in [-0.39, 0.29) is 5.91 Å². The number of hydrogen-bond donors (Lipinski definition) is 2. The molecule has 0 saturated heterocycles. The summed E-state index contributed by atoms with van der Waals surface area (Å²) in [6.45, 7) is 3.79. The van der Waals surface area contributed by atoms with E-state index in [9.17, 15) is 4.79 Å². The molecule has 7 heteroatoms. The van der Waals surface area contributed by atoms with E-state index >= 15 is 0 Å². The fourth-order valence-corrected chi connectivity index (χ4v) is 2.79. The molecule has 1 heterocycles. The smallest absolute Gasteiger partial charge is 0.257 e. The Labute approximate surface area is 163 Å². The Morgan fingerprint density at radius 3 is 2.29 bits per heavy atom. The van der Waals surface area contributed by atoms with E-state index in [1.165, 1.54) is 0 Å². The third kappa shape index (κ3) is 4.37. The summed E-state index contributed by atoms with van der Waals surface area (Å²) in [5.41, 5.74) is 3.27. The third-order valence-electron chi connectivity index (χ3n) is 4.06. The van der Waals surface area contributed by atoms with E-state index in [2.05, 4.69) is 20.6 Å². The molecule has 3 aromatic rings. The van der Waals surface area contributed by atoms with Crippen LogP contribution in [-0.2, 0) is 0 Å². The Hall–Kier alpha value is -3.61. The molecule has 0 spiro atoms. The van der Waals surface area contributed by atoms with Gasteiger partial charge in [0.1, 0.15) is 11.5 Å². The number of carbonyl (C=O) groups excluding carboxylic acids is 1. The van der Waals surface area contributed by atoms with Gasteiger partial charge in [-0.15, -0.1) is 0 Å². The van der Waals surface area contributed by atoms with Crippen molar-refractivity contribution in [1.82, 2.24) is 9.97 Å². The Morgan fingerprint density at radius 1 is 0.893 bits per heavy atom. The molecule has 0 saturated carbocycles. The van der Waals surface area contributed by atoms with Crippen LogP contribution in [0.5, 0.6) is 11.5 Å². The summed E-state index contributed by atoms with van der Waals surface area (Å²) < 4.78 is 10.6. The van der Waals surface area contributed by atoms with Gasteiger partial charge in [-0.05, 0) is 44.2 Å². The third-order valence-corrected chi connectivity index (χ3v) is 4.06. The molecule has 0 unspecified atom stereocenters. The molecule has 1 aromatic heterocycles. The van der Waals surface area contributed by atoms with Crippen LogP contribution in [0.1, 0.15) is 21.7 Å². The number of anilines is 3. The van der Waals surface area contributed by atoms with E-state index in [1.54, 1.807) is 50.6 Å². The molecule has 144 valence electrons. The minimum atomic E-state index is -0.293. The number of nitrogens with zero attached hydrogens (tertiary/aromatic N) is 2. The summed E-state index contributed by atoms with van der Waals surface area (Å²) in [5.74, 6) is 1.30. The van der Waals surface area contributed by atoms with Crippen LogP contribution in [-0.4, -0.2) is 30.1 Å².